The molecule has 0 heterocycles. The molecule has 7 heteroatoms. The largest absolute Gasteiger partial charge is 0.550 e. The highest BCUT2D eigenvalue weighted by Crippen LogP contribution is 2.14. The van der Waals surface area contributed by atoms with E-state index in [0.29, 0.717) is 30.3 Å². The minimum atomic E-state index is -1.27. The average molecular weight is 404 g/mol. The minimum Gasteiger partial charge on any atom is -0.550 e. The molecule has 0 aliphatic carbocycles. The number of nitrogens with zero attached hydrogens (tertiary/aromatic N) is 1. The van der Waals surface area contributed by atoms with Crippen LogP contribution in [-0.4, -0.2) is 72.6 Å². The maximum Gasteiger partial charge on any atom is 0.308 e. The van der Waals surface area contributed by atoms with E-state index in [4.69, 9.17) is 4.74 Å². The van der Waals surface area contributed by atoms with Gasteiger partial charge in [0.15, 0.2) is 6.10 Å². The molecule has 0 saturated heterocycles. The third-order valence-corrected chi connectivity index (χ3v) is 4.57. The van der Waals surface area contributed by atoms with Gasteiger partial charge in [-0.25, -0.2) is 0 Å². The fraction of sp³-hybridized carbons (Fsp3) is 0.905. The van der Waals surface area contributed by atoms with Gasteiger partial charge < -0.3 is 29.3 Å². The molecule has 0 aliphatic rings. The molecule has 0 radical (unpaired) electrons. The number of aliphatic hydroxyl groups excluding tert-OH is 2. The van der Waals surface area contributed by atoms with Gasteiger partial charge in [-0.3, -0.25) is 4.79 Å². The van der Waals surface area contributed by atoms with Gasteiger partial charge in [0.05, 0.1) is 39.8 Å². The fourth-order valence-electron chi connectivity index (χ4n) is 3.16. The van der Waals surface area contributed by atoms with Gasteiger partial charge in [-0.2, -0.15) is 0 Å². The number of carbonyl (C=O) groups excluding carboxylic acids is 2. The van der Waals surface area contributed by atoms with Crippen molar-refractivity contribution in [3.63, 3.8) is 0 Å². The van der Waals surface area contributed by atoms with Crippen LogP contribution in [0.5, 0.6) is 0 Å². The minimum absolute atomic E-state index is 0.204. The van der Waals surface area contributed by atoms with Crippen molar-refractivity contribution in [2.45, 2.75) is 95.9 Å². The van der Waals surface area contributed by atoms with E-state index in [1.165, 1.54) is 25.7 Å². The van der Waals surface area contributed by atoms with E-state index in [1.807, 2.05) is 21.1 Å². The Morgan fingerprint density at radius 3 is 2.04 bits per heavy atom. The van der Waals surface area contributed by atoms with Crippen LogP contribution < -0.4 is 5.11 Å². The Morgan fingerprint density at radius 1 is 0.893 bits per heavy atom. The number of carbonyl (C=O) groups is 2. The monoisotopic (exact) mass is 403 g/mol. The highest BCUT2D eigenvalue weighted by Gasteiger charge is 2.24. The summed E-state index contributed by atoms with van der Waals surface area (Å²) in [6.45, 7) is 2.52. The van der Waals surface area contributed by atoms with Crippen molar-refractivity contribution in [1.82, 2.24) is 0 Å². The summed E-state index contributed by atoms with van der Waals surface area (Å²) in [5, 5.41) is 30.9. The van der Waals surface area contributed by atoms with Crippen LogP contribution in [0.3, 0.4) is 0 Å². The molecule has 3 unspecified atom stereocenters. The van der Waals surface area contributed by atoms with Crippen LogP contribution in [0.15, 0.2) is 0 Å². The molecule has 0 aromatic heterocycles. The molecule has 0 spiro atoms. The third-order valence-electron chi connectivity index (χ3n) is 4.57. The van der Waals surface area contributed by atoms with E-state index in [0.717, 1.165) is 12.8 Å². The molecule has 3 atom stereocenters. The van der Waals surface area contributed by atoms with Crippen LogP contribution in [0.1, 0.15) is 77.6 Å². The number of rotatable bonds is 17. The van der Waals surface area contributed by atoms with Crippen LogP contribution in [-0.2, 0) is 14.3 Å². The Hall–Kier alpha value is -1.18. The summed E-state index contributed by atoms with van der Waals surface area (Å²) in [4.78, 5) is 22.9. The maximum absolute atomic E-state index is 12.0. The second-order valence-electron chi connectivity index (χ2n) is 8.81. The van der Waals surface area contributed by atoms with E-state index < -0.39 is 30.3 Å². The second-order valence-corrected chi connectivity index (χ2v) is 8.81. The zero-order valence-corrected chi connectivity index (χ0v) is 18.2. The van der Waals surface area contributed by atoms with Crippen molar-refractivity contribution in [1.29, 1.82) is 0 Å². The standard InChI is InChI=1S/C21H41NO6/c1-5-6-7-8-9-10-11-17(23)12-13-18(24)14-21(27)28-19(15-20(25)26)16-22(2,3)4/h17-19,23-24H,5-16H2,1-4H3. The number of hydrogen-bond acceptors (Lipinski definition) is 6. The lowest BCUT2D eigenvalue weighted by Gasteiger charge is -2.29. The number of hydrogen-bond donors (Lipinski definition) is 2. The van der Waals surface area contributed by atoms with E-state index in [2.05, 4.69) is 6.92 Å². The maximum atomic E-state index is 12.0. The summed E-state index contributed by atoms with van der Waals surface area (Å²) in [5.74, 6) is -1.90. The molecule has 0 aromatic carbocycles. The Labute approximate surface area is 170 Å². The van der Waals surface area contributed by atoms with E-state index in [9.17, 15) is 24.9 Å². The lowest BCUT2D eigenvalue weighted by molar-refractivity contribution is -0.873. The van der Waals surface area contributed by atoms with Crippen molar-refractivity contribution >= 4 is 11.9 Å². The number of unbranched alkanes of at least 4 members (excludes halogenated alkanes) is 5. The van der Waals surface area contributed by atoms with Gasteiger partial charge in [-0.1, -0.05) is 45.4 Å². The first-order valence-electron chi connectivity index (χ1n) is 10.6. The van der Waals surface area contributed by atoms with Gasteiger partial charge in [0, 0.05) is 12.4 Å². The fourth-order valence-corrected chi connectivity index (χ4v) is 3.16. The van der Waals surface area contributed by atoms with Gasteiger partial charge in [0.25, 0.3) is 0 Å². The predicted octanol–water partition coefficient (Wildman–Crippen LogP) is 1.39. The van der Waals surface area contributed by atoms with Gasteiger partial charge in [-0.15, -0.1) is 0 Å². The molecule has 28 heavy (non-hydrogen) atoms. The van der Waals surface area contributed by atoms with Crippen LogP contribution in [0, 0.1) is 0 Å². The van der Waals surface area contributed by atoms with Crippen molar-refractivity contribution in [2.24, 2.45) is 0 Å². The van der Waals surface area contributed by atoms with Gasteiger partial charge in [-0.05, 0) is 19.3 Å². The first kappa shape index (κ1) is 26.8. The summed E-state index contributed by atoms with van der Waals surface area (Å²) < 4.78 is 5.67. The molecule has 0 amide bonds. The number of ether oxygens (including phenoxy) is 1. The number of aliphatic carboxylic acids is 1. The number of carboxylic acids is 1. The highest BCUT2D eigenvalue weighted by molar-refractivity contribution is 5.71. The number of aliphatic hydroxyl groups is 2. The average Bonchev–Trinajstić information content (AvgIpc) is 2.53. The third kappa shape index (κ3) is 17.0. The number of carboxylic acid groups (broad SMARTS) is 1. The zero-order chi connectivity index (χ0) is 21.6. The Bertz CT molecular complexity index is 435. The first-order valence-corrected chi connectivity index (χ1v) is 10.6. The quantitative estimate of drug-likeness (QED) is 0.216. The number of quaternary nitrogens is 1. The summed E-state index contributed by atoms with van der Waals surface area (Å²) >= 11 is 0. The molecule has 0 aliphatic heterocycles. The molecule has 0 aromatic rings. The molecule has 166 valence electrons. The van der Waals surface area contributed by atoms with Crippen LogP contribution in [0.25, 0.3) is 0 Å². The Morgan fingerprint density at radius 2 is 1.46 bits per heavy atom. The van der Waals surface area contributed by atoms with Gasteiger partial charge in [0.1, 0.15) is 6.54 Å². The summed E-state index contributed by atoms with van der Waals surface area (Å²) in [6.07, 6.45) is 5.70. The van der Waals surface area contributed by atoms with E-state index in [1.54, 1.807) is 0 Å². The molecular weight excluding hydrogens is 362 g/mol. The molecule has 7 nitrogen and oxygen atoms in total. The Balaban J connectivity index is 4.09. The van der Waals surface area contributed by atoms with Gasteiger partial charge in [0.2, 0.25) is 0 Å². The Kier molecular flexibility index (Phi) is 14.1. The second kappa shape index (κ2) is 14.8. The number of esters is 1. The normalized spacial score (nSPS) is 15.1. The molecule has 0 bridgehead atoms. The van der Waals surface area contributed by atoms with Crippen molar-refractivity contribution in [2.75, 3.05) is 27.7 Å². The molecule has 0 fully saturated rings. The smallest absolute Gasteiger partial charge is 0.308 e. The first-order chi connectivity index (χ1) is 13.0. The summed E-state index contributed by atoms with van der Waals surface area (Å²) in [7, 11) is 5.61. The molecule has 0 rings (SSSR count). The molecular formula is C21H41NO6. The van der Waals surface area contributed by atoms with E-state index >= 15 is 0 Å². The summed E-state index contributed by atoms with van der Waals surface area (Å²) in [6, 6.07) is 0. The number of likely N-dealkylation sites (N-methyl/N-ethyl adjacent to an activating group) is 1. The highest BCUT2D eigenvalue weighted by atomic mass is 16.5. The van der Waals surface area contributed by atoms with Crippen molar-refractivity contribution in [3.8, 4) is 0 Å². The van der Waals surface area contributed by atoms with E-state index in [-0.39, 0.29) is 12.8 Å². The van der Waals surface area contributed by atoms with Crippen LogP contribution >= 0.6 is 0 Å². The molecule has 2 N–H and O–H groups in total. The lowest BCUT2D eigenvalue weighted by atomic mass is 10.0. The predicted molar refractivity (Wildman–Crippen MR) is 106 cm³/mol. The summed E-state index contributed by atoms with van der Waals surface area (Å²) in [5.41, 5.74) is 0. The van der Waals surface area contributed by atoms with Crippen LogP contribution in [0.2, 0.25) is 0 Å². The van der Waals surface area contributed by atoms with Crippen molar-refractivity contribution in [3.05, 3.63) is 0 Å². The topological polar surface area (TPSA) is 107 Å². The SMILES string of the molecule is CCCCCCCCC(O)CCC(O)CC(=O)OC(CC(=O)[O-])C[N+](C)(C)C. The lowest BCUT2D eigenvalue weighted by Crippen LogP contribution is -2.45. The molecule has 0 saturated carbocycles. The zero-order valence-electron chi connectivity index (χ0n) is 18.2. The van der Waals surface area contributed by atoms with Gasteiger partial charge >= 0.3 is 5.97 Å². The van der Waals surface area contributed by atoms with Crippen molar-refractivity contribution < 1.29 is 34.1 Å². The van der Waals surface area contributed by atoms with Crippen LogP contribution in [0.4, 0.5) is 0 Å².